The highest BCUT2D eigenvalue weighted by molar-refractivity contribution is 6.30. The SMILES string of the molecule is Oc1ccc(Cl)cc1CNOC1CCCC1. The van der Waals surface area contributed by atoms with Crippen molar-refractivity contribution in [3.05, 3.63) is 28.8 Å². The predicted molar refractivity (Wildman–Crippen MR) is 63.3 cm³/mol. The highest BCUT2D eigenvalue weighted by Crippen LogP contribution is 2.22. The quantitative estimate of drug-likeness (QED) is 0.797. The van der Waals surface area contributed by atoms with Gasteiger partial charge in [-0.2, -0.15) is 5.48 Å². The van der Waals surface area contributed by atoms with Gasteiger partial charge in [-0.1, -0.05) is 24.4 Å². The van der Waals surface area contributed by atoms with Crippen molar-refractivity contribution in [2.75, 3.05) is 0 Å². The van der Waals surface area contributed by atoms with E-state index in [4.69, 9.17) is 16.4 Å². The fourth-order valence-electron chi connectivity index (χ4n) is 1.94. The molecule has 0 aliphatic heterocycles. The van der Waals surface area contributed by atoms with E-state index in [0.29, 0.717) is 17.7 Å². The number of hydrogen-bond acceptors (Lipinski definition) is 3. The van der Waals surface area contributed by atoms with E-state index in [-0.39, 0.29) is 5.75 Å². The van der Waals surface area contributed by atoms with Gasteiger partial charge < -0.3 is 5.11 Å². The van der Waals surface area contributed by atoms with Crippen molar-refractivity contribution in [3.8, 4) is 5.75 Å². The third-order valence-corrected chi connectivity index (χ3v) is 3.09. The molecule has 0 unspecified atom stereocenters. The molecular formula is C12H16ClNO2. The molecule has 0 bridgehead atoms. The minimum atomic E-state index is 0.243. The normalized spacial score (nSPS) is 16.8. The third-order valence-electron chi connectivity index (χ3n) is 2.86. The first-order valence-electron chi connectivity index (χ1n) is 5.61. The van der Waals surface area contributed by atoms with Crippen molar-refractivity contribution < 1.29 is 9.94 Å². The standard InChI is InChI=1S/C12H16ClNO2/c13-10-5-6-12(15)9(7-10)8-14-16-11-3-1-2-4-11/h5-7,11,14-15H,1-4,8H2. The summed E-state index contributed by atoms with van der Waals surface area (Å²) in [6, 6.07) is 5.00. The first-order valence-corrected chi connectivity index (χ1v) is 5.99. The first-order chi connectivity index (χ1) is 7.75. The molecule has 1 aliphatic rings. The molecule has 0 amide bonds. The van der Waals surface area contributed by atoms with Crippen LogP contribution in [0.5, 0.6) is 5.75 Å². The zero-order valence-corrected chi connectivity index (χ0v) is 9.83. The van der Waals surface area contributed by atoms with E-state index in [1.165, 1.54) is 12.8 Å². The van der Waals surface area contributed by atoms with Crippen LogP contribution in [0.1, 0.15) is 31.2 Å². The summed E-state index contributed by atoms with van der Waals surface area (Å²) >= 11 is 5.84. The zero-order valence-electron chi connectivity index (χ0n) is 9.08. The van der Waals surface area contributed by atoms with E-state index in [2.05, 4.69) is 5.48 Å². The topological polar surface area (TPSA) is 41.5 Å². The van der Waals surface area contributed by atoms with E-state index >= 15 is 0 Å². The van der Waals surface area contributed by atoms with Crippen LogP contribution in [0.2, 0.25) is 5.02 Å². The van der Waals surface area contributed by atoms with Crippen molar-refractivity contribution in [1.29, 1.82) is 0 Å². The Bertz CT molecular complexity index is 351. The number of rotatable bonds is 4. The van der Waals surface area contributed by atoms with E-state index < -0.39 is 0 Å². The maximum absolute atomic E-state index is 9.57. The number of hydroxylamine groups is 1. The molecule has 0 atom stereocenters. The molecule has 2 N–H and O–H groups in total. The van der Waals surface area contributed by atoms with Gasteiger partial charge in [-0.3, -0.25) is 4.84 Å². The molecule has 1 saturated carbocycles. The monoisotopic (exact) mass is 241 g/mol. The average Bonchev–Trinajstić information content (AvgIpc) is 2.76. The van der Waals surface area contributed by atoms with Crippen molar-refractivity contribution in [1.82, 2.24) is 5.48 Å². The van der Waals surface area contributed by atoms with Gasteiger partial charge in [-0.25, -0.2) is 0 Å². The minimum Gasteiger partial charge on any atom is -0.508 e. The summed E-state index contributed by atoms with van der Waals surface area (Å²) in [6.45, 7) is 0.475. The predicted octanol–water partition coefficient (Wildman–Crippen LogP) is 3.01. The Kier molecular flexibility index (Phi) is 4.04. The maximum Gasteiger partial charge on any atom is 0.120 e. The zero-order chi connectivity index (χ0) is 11.4. The van der Waals surface area contributed by atoms with Crippen LogP contribution in [0.3, 0.4) is 0 Å². The highest BCUT2D eigenvalue weighted by Gasteiger charge is 2.15. The Balaban J connectivity index is 1.82. The Labute approximate surface area is 100 Å². The summed E-state index contributed by atoms with van der Waals surface area (Å²) in [5, 5.41) is 10.2. The fourth-order valence-corrected chi connectivity index (χ4v) is 2.13. The second-order valence-electron chi connectivity index (χ2n) is 4.12. The van der Waals surface area contributed by atoms with Crippen LogP contribution in [-0.2, 0) is 11.4 Å². The van der Waals surface area contributed by atoms with Gasteiger partial charge in [0.25, 0.3) is 0 Å². The van der Waals surface area contributed by atoms with E-state index in [1.54, 1.807) is 18.2 Å². The van der Waals surface area contributed by atoms with Crippen molar-refractivity contribution in [3.63, 3.8) is 0 Å². The molecule has 1 aliphatic carbocycles. The van der Waals surface area contributed by atoms with Gasteiger partial charge in [0.2, 0.25) is 0 Å². The first kappa shape index (κ1) is 11.7. The van der Waals surface area contributed by atoms with Crippen molar-refractivity contribution >= 4 is 11.6 Å². The minimum absolute atomic E-state index is 0.243. The average molecular weight is 242 g/mol. The summed E-state index contributed by atoms with van der Waals surface area (Å²) in [6.07, 6.45) is 5.05. The Morgan fingerprint density at radius 3 is 2.88 bits per heavy atom. The van der Waals surface area contributed by atoms with Crippen LogP contribution in [-0.4, -0.2) is 11.2 Å². The number of halogens is 1. The molecule has 0 aromatic heterocycles. The molecule has 0 radical (unpaired) electrons. The molecule has 1 aromatic carbocycles. The van der Waals surface area contributed by atoms with Gasteiger partial charge in [0.1, 0.15) is 5.75 Å². The van der Waals surface area contributed by atoms with Crippen LogP contribution < -0.4 is 5.48 Å². The molecule has 88 valence electrons. The molecular weight excluding hydrogens is 226 g/mol. The smallest absolute Gasteiger partial charge is 0.120 e. The number of phenols is 1. The molecule has 16 heavy (non-hydrogen) atoms. The largest absolute Gasteiger partial charge is 0.508 e. The second kappa shape index (κ2) is 5.53. The Hall–Kier alpha value is -0.770. The van der Waals surface area contributed by atoms with Crippen LogP contribution in [0, 0.1) is 0 Å². The Morgan fingerprint density at radius 1 is 1.38 bits per heavy atom. The van der Waals surface area contributed by atoms with Crippen molar-refractivity contribution in [2.45, 2.75) is 38.3 Å². The molecule has 2 rings (SSSR count). The molecule has 0 saturated heterocycles. The lowest BCUT2D eigenvalue weighted by molar-refractivity contribution is -0.0246. The van der Waals surface area contributed by atoms with Gasteiger partial charge >= 0.3 is 0 Å². The van der Waals surface area contributed by atoms with E-state index in [1.807, 2.05) is 0 Å². The van der Waals surface area contributed by atoms with Gasteiger partial charge in [-0.05, 0) is 31.0 Å². The summed E-state index contributed by atoms with van der Waals surface area (Å²) in [5.41, 5.74) is 3.65. The molecule has 3 nitrogen and oxygen atoms in total. The molecule has 1 fully saturated rings. The summed E-state index contributed by atoms with van der Waals surface area (Å²) in [7, 11) is 0. The lowest BCUT2D eigenvalue weighted by Gasteiger charge is -2.12. The lowest BCUT2D eigenvalue weighted by Crippen LogP contribution is -2.21. The lowest BCUT2D eigenvalue weighted by atomic mass is 10.2. The fraction of sp³-hybridized carbons (Fsp3) is 0.500. The summed E-state index contributed by atoms with van der Waals surface area (Å²) in [5.74, 6) is 0.243. The maximum atomic E-state index is 9.57. The van der Waals surface area contributed by atoms with Crippen LogP contribution in [0.15, 0.2) is 18.2 Å². The van der Waals surface area contributed by atoms with Crippen LogP contribution in [0.25, 0.3) is 0 Å². The van der Waals surface area contributed by atoms with E-state index in [9.17, 15) is 5.11 Å². The molecule has 0 spiro atoms. The molecule has 0 heterocycles. The highest BCUT2D eigenvalue weighted by atomic mass is 35.5. The summed E-state index contributed by atoms with van der Waals surface area (Å²) < 4.78 is 0. The second-order valence-corrected chi connectivity index (χ2v) is 4.55. The number of nitrogens with one attached hydrogen (secondary N) is 1. The van der Waals surface area contributed by atoms with E-state index in [0.717, 1.165) is 18.4 Å². The van der Waals surface area contributed by atoms with Gasteiger partial charge in [0.05, 0.1) is 6.10 Å². The van der Waals surface area contributed by atoms with Crippen LogP contribution >= 0.6 is 11.6 Å². The van der Waals surface area contributed by atoms with Gasteiger partial charge in [0, 0.05) is 17.1 Å². The van der Waals surface area contributed by atoms with Gasteiger partial charge in [0.15, 0.2) is 0 Å². The molecule has 1 aromatic rings. The number of benzene rings is 1. The Morgan fingerprint density at radius 2 is 2.12 bits per heavy atom. The van der Waals surface area contributed by atoms with Gasteiger partial charge in [-0.15, -0.1) is 0 Å². The number of aromatic hydroxyl groups is 1. The number of phenolic OH excluding ortho intramolecular Hbond substituents is 1. The molecule has 4 heteroatoms. The van der Waals surface area contributed by atoms with Crippen LogP contribution in [0.4, 0.5) is 0 Å². The van der Waals surface area contributed by atoms with Crippen molar-refractivity contribution in [2.24, 2.45) is 0 Å². The number of hydrogen-bond donors (Lipinski definition) is 2. The summed E-state index contributed by atoms with van der Waals surface area (Å²) in [4.78, 5) is 5.50. The third kappa shape index (κ3) is 3.11.